The zero-order valence-corrected chi connectivity index (χ0v) is 25.4. The summed E-state index contributed by atoms with van der Waals surface area (Å²) in [5.74, 6) is -0.0701. The molecular weight excluding hydrogens is 574 g/mol. The first-order valence-electron chi connectivity index (χ1n) is 14.2. The average molecular weight is 608 g/mol. The number of anilines is 1. The molecule has 2 amide bonds. The Hall–Kier alpha value is -5.71. The van der Waals surface area contributed by atoms with Gasteiger partial charge in [0.25, 0.3) is 0 Å². The third-order valence-electron chi connectivity index (χ3n) is 7.34. The maximum atomic E-state index is 14.4. The summed E-state index contributed by atoms with van der Waals surface area (Å²) in [5, 5.41) is 11.4. The van der Waals surface area contributed by atoms with Crippen molar-refractivity contribution < 1.29 is 28.6 Å². The molecule has 0 radical (unpaired) electrons. The molecule has 0 bridgehead atoms. The van der Waals surface area contributed by atoms with Gasteiger partial charge in [-0.25, -0.2) is 4.68 Å². The minimum absolute atomic E-state index is 0.129. The van der Waals surface area contributed by atoms with Crippen LogP contribution in [0.15, 0.2) is 91.0 Å². The summed E-state index contributed by atoms with van der Waals surface area (Å²) in [6.45, 7) is 1.46. The number of Topliss-reactive ketones (excluding diaryl/α,β-unsaturated/α-hetero) is 1. The highest BCUT2D eigenvalue weighted by Gasteiger charge is 2.35. The SMILES string of the molecule is COc1cc([C@H](C(=O)NCc2ccccc2)N(C(=O)Cn2nnc3ccccc32)c2ccc(C(C)=O)cc2)cc(OC)c1OC. The lowest BCUT2D eigenvalue weighted by atomic mass is 10.0. The number of aromatic nitrogens is 3. The van der Waals surface area contributed by atoms with Crippen LogP contribution in [0.25, 0.3) is 11.0 Å². The number of ketones is 1. The van der Waals surface area contributed by atoms with E-state index in [-0.39, 0.29) is 18.9 Å². The summed E-state index contributed by atoms with van der Waals surface area (Å²) in [6.07, 6.45) is 0. The van der Waals surface area contributed by atoms with Crippen molar-refractivity contribution in [3.05, 3.63) is 108 Å². The fourth-order valence-corrected chi connectivity index (χ4v) is 5.09. The first kappa shape index (κ1) is 30.7. The molecule has 1 heterocycles. The van der Waals surface area contributed by atoms with Gasteiger partial charge in [-0.2, -0.15) is 0 Å². The number of carbonyl (C=O) groups excluding carboxylic acids is 3. The van der Waals surface area contributed by atoms with E-state index >= 15 is 0 Å². The first-order valence-corrected chi connectivity index (χ1v) is 14.2. The molecule has 11 nitrogen and oxygen atoms in total. The number of hydrogen-bond donors (Lipinski definition) is 1. The summed E-state index contributed by atoms with van der Waals surface area (Å²) in [7, 11) is 4.44. The van der Waals surface area contributed by atoms with Crippen LogP contribution in [0, 0.1) is 0 Å². The number of nitrogens with zero attached hydrogens (tertiary/aromatic N) is 4. The van der Waals surface area contributed by atoms with Gasteiger partial charge in [-0.3, -0.25) is 19.3 Å². The Bertz CT molecular complexity index is 1800. The van der Waals surface area contributed by atoms with Crippen LogP contribution in [-0.4, -0.2) is 53.9 Å². The van der Waals surface area contributed by atoms with Crippen molar-refractivity contribution >= 4 is 34.3 Å². The van der Waals surface area contributed by atoms with Crippen LogP contribution in [0.2, 0.25) is 0 Å². The fourth-order valence-electron chi connectivity index (χ4n) is 5.09. The van der Waals surface area contributed by atoms with Gasteiger partial charge in [0, 0.05) is 17.8 Å². The molecule has 5 rings (SSSR count). The predicted octanol–water partition coefficient (Wildman–Crippen LogP) is 4.75. The standard InChI is InChI=1S/C34H33N5O6/c1-22(40)24-14-16-26(17-15-24)39(31(41)21-38-28-13-9-8-12-27(28)36-37-38)32(34(42)35-20-23-10-6-5-7-11-23)25-18-29(43-2)33(45-4)30(19-25)44-3/h5-19,32H,20-21H2,1-4H3,(H,35,42)/t32-/m1/s1. The molecule has 0 aliphatic rings. The molecule has 230 valence electrons. The van der Waals surface area contributed by atoms with Gasteiger partial charge in [0.15, 0.2) is 17.3 Å². The Balaban J connectivity index is 1.65. The third kappa shape index (κ3) is 6.62. The van der Waals surface area contributed by atoms with Crippen molar-refractivity contribution in [3.63, 3.8) is 0 Å². The molecule has 1 atom stereocenters. The van der Waals surface area contributed by atoms with Crippen molar-refractivity contribution in [1.82, 2.24) is 20.3 Å². The lowest BCUT2D eigenvalue weighted by molar-refractivity contribution is -0.127. The second-order valence-corrected chi connectivity index (χ2v) is 10.2. The topological polar surface area (TPSA) is 125 Å². The molecule has 5 aromatic rings. The van der Waals surface area contributed by atoms with Gasteiger partial charge in [0.1, 0.15) is 18.1 Å². The van der Waals surface area contributed by atoms with Crippen LogP contribution in [0.4, 0.5) is 5.69 Å². The van der Waals surface area contributed by atoms with E-state index in [9.17, 15) is 14.4 Å². The predicted molar refractivity (Wildman–Crippen MR) is 169 cm³/mol. The number of amides is 2. The zero-order valence-electron chi connectivity index (χ0n) is 25.4. The average Bonchev–Trinajstić information content (AvgIpc) is 3.48. The summed E-state index contributed by atoms with van der Waals surface area (Å²) in [4.78, 5) is 42.1. The third-order valence-corrected chi connectivity index (χ3v) is 7.34. The van der Waals surface area contributed by atoms with Crippen LogP contribution in [-0.2, 0) is 22.7 Å². The van der Waals surface area contributed by atoms with Crippen LogP contribution >= 0.6 is 0 Å². The van der Waals surface area contributed by atoms with Crippen molar-refractivity contribution in [1.29, 1.82) is 0 Å². The monoisotopic (exact) mass is 607 g/mol. The molecule has 0 saturated carbocycles. The van der Waals surface area contributed by atoms with E-state index in [2.05, 4.69) is 15.6 Å². The zero-order chi connectivity index (χ0) is 31.9. The summed E-state index contributed by atoms with van der Waals surface area (Å²) >= 11 is 0. The Morgan fingerprint density at radius 3 is 2.11 bits per heavy atom. The number of benzene rings is 4. The van der Waals surface area contributed by atoms with Gasteiger partial charge in [0.05, 0.1) is 26.8 Å². The van der Waals surface area contributed by atoms with E-state index in [4.69, 9.17) is 14.2 Å². The Morgan fingerprint density at radius 1 is 0.844 bits per heavy atom. The van der Waals surface area contributed by atoms with Gasteiger partial charge < -0.3 is 19.5 Å². The largest absolute Gasteiger partial charge is 0.493 e. The molecule has 0 fully saturated rings. The van der Waals surface area contributed by atoms with Crippen molar-refractivity contribution in [2.24, 2.45) is 0 Å². The van der Waals surface area contributed by atoms with Crippen molar-refractivity contribution in [3.8, 4) is 17.2 Å². The molecule has 0 aliphatic heterocycles. The molecule has 45 heavy (non-hydrogen) atoms. The molecule has 0 unspecified atom stereocenters. The van der Waals surface area contributed by atoms with Gasteiger partial charge >= 0.3 is 0 Å². The Kier molecular flexibility index (Phi) is 9.37. The van der Waals surface area contributed by atoms with Gasteiger partial charge in [-0.1, -0.05) is 47.7 Å². The number of para-hydroxylation sites is 1. The lowest BCUT2D eigenvalue weighted by Gasteiger charge is -2.32. The van der Waals surface area contributed by atoms with E-state index in [0.717, 1.165) is 5.56 Å². The van der Waals surface area contributed by atoms with Crippen molar-refractivity contribution in [2.45, 2.75) is 26.1 Å². The number of methoxy groups -OCH3 is 3. The summed E-state index contributed by atoms with van der Waals surface area (Å²) in [5.41, 5.74) is 3.43. The highest BCUT2D eigenvalue weighted by Crippen LogP contribution is 2.41. The second-order valence-electron chi connectivity index (χ2n) is 10.2. The number of rotatable bonds is 12. The summed E-state index contributed by atoms with van der Waals surface area (Å²) in [6, 6.07) is 25.4. The molecule has 4 aromatic carbocycles. The smallest absolute Gasteiger partial charge is 0.249 e. The molecule has 1 aromatic heterocycles. The van der Waals surface area contributed by atoms with Gasteiger partial charge in [0.2, 0.25) is 17.6 Å². The Morgan fingerprint density at radius 2 is 1.49 bits per heavy atom. The van der Waals surface area contributed by atoms with E-state index in [1.807, 2.05) is 48.5 Å². The van der Waals surface area contributed by atoms with E-state index < -0.39 is 17.9 Å². The fraction of sp³-hybridized carbons (Fsp3) is 0.206. The Labute approximate surface area is 260 Å². The first-order chi connectivity index (χ1) is 21.8. The van der Waals surface area contributed by atoms with Crippen LogP contribution < -0.4 is 24.4 Å². The number of fused-ring (bicyclic) bond motifs is 1. The van der Waals surface area contributed by atoms with Crippen LogP contribution in [0.5, 0.6) is 17.2 Å². The molecule has 0 aliphatic carbocycles. The van der Waals surface area contributed by atoms with Crippen molar-refractivity contribution in [2.75, 3.05) is 26.2 Å². The second kappa shape index (κ2) is 13.7. The molecule has 0 saturated heterocycles. The highest BCUT2D eigenvalue weighted by atomic mass is 16.5. The van der Waals surface area contributed by atoms with E-state index in [0.29, 0.717) is 45.1 Å². The molecule has 11 heteroatoms. The summed E-state index contributed by atoms with van der Waals surface area (Å²) < 4.78 is 18.2. The number of nitrogens with one attached hydrogen (secondary N) is 1. The van der Waals surface area contributed by atoms with Gasteiger partial charge in [-0.05, 0) is 66.6 Å². The number of carbonyl (C=O) groups is 3. The quantitative estimate of drug-likeness (QED) is 0.202. The minimum atomic E-state index is -1.20. The van der Waals surface area contributed by atoms with Crippen LogP contribution in [0.3, 0.4) is 0 Å². The van der Waals surface area contributed by atoms with Crippen LogP contribution in [0.1, 0.15) is 34.5 Å². The highest BCUT2D eigenvalue weighted by molar-refractivity contribution is 6.02. The minimum Gasteiger partial charge on any atom is -0.493 e. The van der Waals surface area contributed by atoms with E-state index in [1.54, 1.807) is 42.5 Å². The lowest BCUT2D eigenvalue weighted by Crippen LogP contribution is -2.45. The molecule has 0 spiro atoms. The molecule has 1 N–H and O–H groups in total. The molecular formula is C34H33N5O6. The van der Waals surface area contributed by atoms with E-state index in [1.165, 1.54) is 37.8 Å². The normalized spacial score (nSPS) is 11.5. The maximum absolute atomic E-state index is 14.4. The van der Waals surface area contributed by atoms with Gasteiger partial charge in [-0.15, -0.1) is 5.10 Å². The number of ether oxygens (including phenoxy) is 3. The number of hydrogen-bond acceptors (Lipinski definition) is 8. The maximum Gasteiger partial charge on any atom is 0.249 e.